The van der Waals surface area contributed by atoms with E-state index in [1.165, 1.54) is 0 Å². The van der Waals surface area contributed by atoms with Crippen LogP contribution in [0, 0.1) is 11.8 Å². The van der Waals surface area contributed by atoms with Gasteiger partial charge in [-0.25, -0.2) is 4.79 Å². The maximum Gasteiger partial charge on any atom is 0.326 e. The van der Waals surface area contributed by atoms with Crippen molar-refractivity contribution < 1.29 is 29.1 Å². The Kier molecular flexibility index (Phi) is 10.8. The number of carbonyl (C=O) groups excluding carboxylic acids is 4. The summed E-state index contributed by atoms with van der Waals surface area (Å²) in [6.07, 6.45) is -0.0950. The molecule has 3 unspecified atom stereocenters. The number of carboxylic acid groups (broad SMARTS) is 1. The number of hydrogen-bond acceptors (Lipinski definition) is 6. The Morgan fingerprint density at radius 1 is 0.964 bits per heavy atom. The van der Waals surface area contributed by atoms with Gasteiger partial charge in [0.2, 0.25) is 23.6 Å². The van der Waals surface area contributed by atoms with Crippen LogP contribution in [0.25, 0.3) is 0 Å². The van der Waals surface area contributed by atoms with Gasteiger partial charge in [-0.1, -0.05) is 27.7 Å². The van der Waals surface area contributed by atoms with Gasteiger partial charge in [0.1, 0.15) is 12.1 Å². The van der Waals surface area contributed by atoms with Gasteiger partial charge in [-0.2, -0.15) is 0 Å². The fourth-order valence-corrected chi connectivity index (χ4v) is 2.32. The lowest BCUT2D eigenvalue weighted by molar-refractivity contribution is -0.143. The number of nitrogens with one attached hydrogen (secondary N) is 3. The Morgan fingerprint density at radius 3 is 1.96 bits per heavy atom. The van der Waals surface area contributed by atoms with Crippen molar-refractivity contribution in [2.24, 2.45) is 23.3 Å². The lowest BCUT2D eigenvalue weighted by atomic mass is 10.0. The first kappa shape index (κ1) is 25.3. The summed E-state index contributed by atoms with van der Waals surface area (Å²) in [4.78, 5) is 58.3. The molecule has 0 aliphatic carbocycles. The molecule has 3 atom stereocenters. The van der Waals surface area contributed by atoms with Gasteiger partial charge in [0.05, 0.1) is 19.0 Å². The highest BCUT2D eigenvalue weighted by atomic mass is 16.4. The smallest absolute Gasteiger partial charge is 0.326 e. The van der Waals surface area contributed by atoms with E-state index in [0.717, 1.165) is 0 Å². The first-order chi connectivity index (χ1) is 12.8. The molecule has 0 spiro atoms. The van der Waals surface area contributed by atoms with Crippen LogP contribution in [0.3, 0.4) is 0 Å². The van der Waals surface area contributed by atoms with Crippen molar-refractivity contribution in [2.75, 3.05) is 6.54 Å². The predicted octanol–water partition coefficient (Wildman–Crippen LogP) is -1.94. The van der Waals surface area contributed by atoms with Crippen LogP contribution in [-0.4, -0.2) is 59.4 Å². The number of primary amides is 1. The van der Waals surface area contributed by atoms with Crippen LogP contribution < -0.4 is 27.4 Å². The molecule has 0 heterocycles. The Morgan fingerprint density at radius 2 is 1.54 bits per heavy atom. The van der Waals surface area contributed by atoms with Crippen LogP contribution in [0.15, 0.2) is 0 Å². The SMILES string of the molecule is CC(C)CC(NC(=O)C(N)CC(N)=O)C(=O)NCC(=O)NC(C(=O)O)C(C)C. The van der Waals surface area contributed by atoms with Crippen molar-refractivity contribution in [1.82, 2.24) is 16.0 Å². The molecule has 4 amide bonds. The molecule has 0 saturated carbocycles. The van der Waals surface area contributed by atoms with Gasteiger partial charge < -0.3 is 32.5 Å². The number of hydrogen-bond donors (Lipinski definition) is 6. The molecule has 11 heteroatoms. The number of carboxylic acids is 1. The molecule has 0 saturated heterocycles. The molecule has 11 nitrogen and oxygen atoms in total. The number of rotatable bonds is 12. The maximum atomic E-state index is 12.4. The second kappa shape index (κ2) is 11.9. The summed E-state index contributed by atoms with van der Waals surface area (Å²) in [7, 11) is 0. The van der Waals surface area contributed by atoms with Gasteiger partial charge in [-0.3, -0.25) is 19.2 Å². The molecule has 8 N–H and O–H groups in total. The average Bonchev–Trinajstić information content (AvgIpc) is 2.55. The first-order valence-corrected chi connectivity index (χ1v) is 8.99. The minimum atomic E-state index is -1.19. The van der Waals surface area contributed by atoms with Crippen LogP contribution in [-0.2, 0) is 24.0 Å². The van der Waals surface area contributed by atoms with Gasteiger partial charge in [-0.05, 0) is 18.3 Å². The molecule has 0 aromatic heterocycles. The largest absolute Gasteiger partial charge is 0.480 e. The predicted molar refractivity (Wildman–Crippen MR) is 101 cm³/mol. The fraction of sp³-hybridized carbons (Fsp3) is 0.706. The highest BCUT2D eigenvalue weighted by Gasteiger charge is 2.27. The standard InChI is InChI=1S/C17H31N5O6/c1-8(2)5-11(21-15(25)10(18)6-12(19)23)16(26)20-7-13(24)22-14(9(3)4)17(27)28/h8-11,14H,5-7,18H2,1-4H3,(H2,19,23)(H,20,26)(H,21,25)(H,22,24)(H,27,28). The zero-order chi connectivity index (χ0) is 22.0. The first-order valence-electron chi connectivity index (χ1n) is 8.99. The third kappa shape index (κ3) is 9.86. The van der Waals surface area contributed by atoms with Crippen molar-refractivity contribution >= 4 is 29.6 Å². The Balaban J connectivity index is 4.85. The Hall–Kier alpha value is -2.69. The molecule has 0 aliphatic heterocycles. The van der Waals surface area contributed by atoms with Gasteiger partial charge >= 0.3 is 5.97 Å². The molecule has 0 rings (SSSR count). The second-order valence-corrected chi connectivity index (χ2v) is 7.31. The summed E-state index contributed by atoms with van der Waals surface area (Å²) in [5.41, 5.74) is 10.6. The van der Waals surface area contributed by atoms with E-state index in [9.17, 15) is 24.0 Å². The quantitative estimate of drug-likeness (QED) is 0.219. The highest BCUT2D eigenvalue weighted by Crippen LogP contribution is 2.06. The number of nitrogens with two attached hydrogens (primary N) is 2. The van der Waals surface area contributed by atoms with E-state index in [2.05, 4.69) is 16.0 Å². The van der Waals surface area contributed by atoms with E-state index in [0.29, 0.717) is 0 Å². The van der Waals surface area contributed by atoms with Gasteiger partial charge in [0.15, 0.2) is 0 Å². The van der Waals surface area contributed by atoms with E-state index in [4.69, 9.17) is 16.6 Å². The van der Waals surface area contributed by atoms with Gasteiger partial charge in [-0.15, -0.1) is 0 Å². The lowest BCUT2D eigenvalue weighted by Crippen LogP contribution is -2.54. The minimum absolute atomic E-state index is 0.0366. The van der Waals surface area contributed by atoms with Crippen LogP contribution in [0.4, 0.5) is 0 Å². The summed E-state index contributed by atoms with van der Waals surface area (Å²) in [6.45, 7) is 6.50. The van der Waals surface area contributed by atoms with E-state index >= 15 is 0 Å². The Labute approximate surface area is 164 Å². The zero-order valence-corrected chi connectivity index (χ0v) is 16.7. The maximum absolute atomic E-state index is 12.4. The molecular weight excluding hydrogens is 370 g/mol. The number of carbonyl (C=O) groups is 5. The average molecular weight is 401 g/mol. The highest BCUT2D eigenvalue weighted by molar-refractivity contribution is 5.93. The molecule has 0 aromatic carbocycles. The van der Waals surface area contributed by atoms with Crippen LogP contribution in [0.5, 0.6) is 0 Å². The molecule has 0 radical (unpaired) electrons. The van der Waals surface area contributed by atoms with Crippen molar-refractivity contribution in [3.8, 4) is 0 Å². The summed E-state index contributed by atoms with van der Waals surface area (Å²) in [5.74, 6) is -4.24. The normalized spacial score (nSPS) is 14.1. The van der Waals surface area contributed by atoms with Crippen LogP contribution in [0.2, 0.25) is 0 Å². The molecule has 0 fully saturated rings. The van der Waals surface area contributed by atoms with Crippen molar-refractivity contribution in [2.45, 2.75) is 58.7 Å². The third-order valence-electron chi connectivity index (χ3n) is 3.77. The second-order valence-electron chi connectivity index (χ2n) is 7.31. The molecule has 0 aromatic rings. The van der Waals surface area contributed by atoms with Crippen LogP contribution >= 0.6 is 0 Å². The summed E-state index contributed by atoms with van der Waals surface area (Å²) >= 11 is 0. The zero-order valence-electron chi connectivity index (χ0n) is 16.7. The van der Waals surface area contributed by atoms with Crippen molar-refractivity contribution in [1.29, 1.82) is 0 Å². The van der Waals surface area contributed by atoms with Crippen molar-refractivity contribution in [3.05, 3.63) is 0 Å². The molecule has 160 valence electrons. The molecule has 0 aliphatic rings. The fourth-order valence-electron chi connectivity index (χ4n) is 2.32. The van der Waals surface area contributed by atoms with E-state index < -0.39 is 54.3 Å². The topological polar surface area (TPSA) is 194 Å². The summed E-state index contributed by atoms with van der Waals surface area (Å²) < 4.78 is 0. The van der Waals surface area contributed by atoms with E-state index in [-0.39, 0.29) is 24.7 Å². The van der Waals surface area contributed by atoms with Crippen molar-refractivity contribution in [3.63, 3.8) is 0 Å². The minimum Gasteiger partial charge on any atom is -0.480 e. The van der Waals surface area contributed by atoms with Gasteiger partial charge in [0.25, 0.3) is 0 Å². The molecule has 0 bridgehead atoms. The lowest BCUT2D eigenvalue weighted by Gasteiger charge is -2.22. The molecule has 28 heavy (non-hydrogen) atoms. The third-order valence-corrected chi connectivity index (χ3v) is 3.77. The number of aliphatic carboxylic acids is 1. The Bertz CT molecular complexity index is 593. The van der Waals surface area contributed by atoms with Crippen LogP contribution in [0.1, 0.15) is 40.5 Å². The summed E-state index contributed by atoms with van der Waals surface area (Å²) in [5, 5.41) is 16.2. The summed E-state index contributed by atoms with van der Waals surface area (Å²) in [6, 6.07) is -3.24. The monoisotopic (exact) mass is 401 g/mol. The van der Waals surface area contributed by atoms with E-state index in [1.54, 1.807) is 13.8 Å². The molecular formula is C17H31N5O6. The van der Waals surface area contributed by atoms with E-state index in [1.807, 2.05) is 13.8 Å². The van der Waals surface area contributed by atoms with Gasteiger partial charge in [0, 0.05) is 0 Å². The number of amides is 4.